The Morgan fingerprint density at radius 2 is 2.14 bits per heavy atom. The van der Waals surface area contributed by atoms with E-state index in [-0.39, 0.29) is 11.5 Å². The fourth-order valence-corrected chi connectivity index (χ4v) is 1.94. The van der Waals surface area contributed by atoms with Gasteiger partial charge < -0.3 is 14.6 Å². The number of likely N-dealkylation sites (N-methyl/N-ethyl adjacent to an activating group) is 1. The molecule has 0 fully saturated rings. The van der Waals surface area contributed by atoms with Gasteiger partial charge in [-0.15, -0.1) is 0 Å². The van der Waals surface area contributed by atoms with E-state index in [1.807, 2.05) is 0 Å². The van der Waals surface area contributed by atoms with Crippen LogP contribution in [0.4, 0.5) is 0 Å². The number of ether oxygens (including phenoxy) is 1. The molecule has 2 rings (SSSR count). The average molecular weight is 307 g/mol. The van der Waals surface area contributed by atoms with Gasteiger partial charge in [0.2, 0.25) is 5.56 Å². The Kier molecular flexibility index (Phi) is 5.00. The number of amides is 1. The summed E-state index contributed by atoms with van der Waals surface area (Å²) >= 11 is 5.85. The summed E-state index contributed by atoms with van der Waals surface area (Å²) in [5, 5.41) is 0.598. The molecule has 0 saturated heterocycles. The van der Waals surface area contributed by atoms with E-state index < -0.39 is 0 Å². The van der Waals surface area contributed by atoms with Crippen molar-refractivity contribution in [3.63, 3.8) is 0 Å². The molecule has 1 amide bonds. The predicted molar refractivity (Wildman–Crippen MR) is 81.0 cm³/mol. The molecule has 0 bridgehead atoms. The molecule has 1 aromatic heterocycles. The minimum absolute atomic E-state index is 0.226. The van der Waals surface area contributed by atoms with Crippen LogP contribution in [0, 0.1) is 0 Å². The molecule has 1 aromatic carbocycles. The monoisotopic (exact) mass is 306 g/mol. The van der Waals surface area contributed by atoms with Crippen molar-refractivity contribution in [2.45, 2.75) is 0 Å². The standard InChI is InChI=1S/C15H15ClN2O3/c1-18(15(20)11-5-6-17-14(19)9-11)7-8-21-13-4-2-3-12(16)10-13/h2-6,9-10H,7-8H2,1H3,(H,17,19). The molecular weight excluding hydrogens is 292 g/mol. The van der Waals surface area contributed by atoms with Crippen LogP contribution in [-0.4, -0.2) is 36.0 Å². The molecule has 0 saturated carbocycles. The van der Waals surface area contributed by atoms with Gasteiger partial charge in [-0.3, -0.25) is 9.59 Å². The molecule has 0 radical (unpaired) electrons. The first kappa shape index (κ1) is 15.1. The smallest absolute Gasteiger partial charge is 0.253 e. The zero-order valence-corrected chi connectivity index (χ0v) is 12.3. The number of pyridine rings is 1. The minimum atomic E-state index is -0.301. The van der Waals surface area contributed by atoms with Gasteiger partial charge in [0, 0.05) is 29.9 Å². The Labute approximate surface area is 127 Å². The van der Waals surface area contributed by atoms with Crippen LogP contribution in [0.3, 0.4) is 0 Å². The number of hydrogen-bond donors (Lipinski definition) is 1. The van der Waals surface area contributed by atoms with E-state index in [9.17, 15) is 9.59 Å². The van der Waals surface area contributed by atoms with Crippen LogP contribution in [0.1, 0.15) is 10.4 Å². The van der Waals surface area contributed by atoms with Crippen molar-refractivity contribution < 1.29 is 9.53 Å². The molecule has 0 atom stereocenters. The Hall–Kier alpha value is -2.27. The van der Waals surface area contributed by atoms with Crippen LogP contribution < -0.4 is 10.3 Å². The number of carbonyl (C=O) groups excluding carboxylic acids is 1. The fourth-order valence-electron chi connectivity index (χ4n) is 1.76. The van der Waals surface area contributed by atoms with Gasteiger partial charge >= 0.3 is 0 Å². The number of rotatable bonds is 5. The van der Waals surface area contributed by atoms with Crippen LogP contribution in [0.25, 0.3) is 0 Å². The van der Waals surface area contributed by atoms with Gasteiger partial charge in [0.05, 0.1) is 6.54 Å². The van der Waals surface area contributed by atoms with Crippen molar-refractivity contribution >= 4 is 17.5 Å². The number of aromatic nitrogens is 1. The molecule has 5 nitrogen and oxygen atoms in total. The van der Waals surface area contributed by atoms with Crippen molar-refractivity contribution in [1.29, 1.82) is 0 Å². The zero-order valence-electron chi connectivity index (χ0n) is 11.5. The maximum atomic E-state index is 12.1. The summed E-state index contributed by atoms with van der Waals surface area (Å²) in [5.74, 6) is 0.426. The van der Waals surface area contributed by atoms with E-state index >= 15 is 0 Å². The number of halogens is 1. The Balaban J connectivity index is 1.88. The van der Waals surface area contributed by atoms with Gasteiger partial charge in [0.25, 0.3) is 5.91 Å². The second-order valence-corrected chi connectivity index (χ2v) is 4.91. The lowest BCUT2D eigenvalue weighted by atomic mass is 10.2. The number of carbonyl (C=O) groups is 1. The highest BCUT2D eigenvalue weighted by Crippen LogP contribution is 2.16. The number of benzene rings is 1. The third kappa shape index (κ3) is 4.36. The van der Waals surface area contributed by atoms with Gasteiger partial charge in [-0.05, 0) is 24.3 Å². The van der Waals surface area contributed by atoms with Crippen molar-refractivity contribution in [2.24, 2.45) is 0 Å². The van der Waals surface area contributed by atoms with Crippen molar-refractivity contribution in [3.8, 4) is 5.75 Å². The van der Waals surface area contributed by atoms with Crippen LogP contribution in [-0.2, 0) is 0 Å². The number of nitrogens with one attached hydrogen (secondary N) is 1. The molecule has 0 spiro atoms. The second kappa shape index (κ2) is 6.95. The number of hydrogen-bond acceptors (Lipinski definition) is 3. The van der Waals surface area contributed by atoms with Crippen LogP contribution in [0.2, 0.25) is 5.02 Å². The lowest BCUT2D eigenvalue weighted by Crippen LogP contribution is -2.31. The topological polar surface area (TPSA) is 62.4 Å². The first-order valence-corrected chi connectivity index (χ1v) is 6.76. The molecule has 1 heterocycles. The molecule has 2 aromatic rings. The maximum Gasteiger partial charge on any atom is 0.253 e. The van der Waals surface area contributed by atoms with Crippen molar-refractivity contribution in [1.82, 2.24) is 9.88 Å². The van der Waals surface area contributed by atoms with Crippen molar-refractivity contribution in [3.05, 3.63) is 63.5 Å². The lowest BCUT2D eigenvalue weighted by Gasteiger charge is -2.17. The van der Waals surface area contributed by atoms with Gasteiger partial charge in [-0.1, -0.05) is 17.7 Å². The maximum absolute atomic E-state index is 12.1. The molecule has 0 aliphatic heterocycles. The highest BCUT2D eigenvalue weighted by molar-refractivity contribution is 6.30. The highest BCUT2D eigenvalue weighted by Gasteiger charge is 2.11. The van der Waals surface area contributed by atoms with E-state index in [1.54, 1.807) is 37.4 Å². The summed E-state index contributed by atoms with van der Waals surface area (Å²) in [4.78, 5) is 27.2. The fraction of sp³-hybridized carbons (Fsp3) is 0.200. The summed E-state index contributed by atoms with van der Waals surface area (Å²) in [7, 11) is 1.66. The largest absolute Gasteiger partial charge is 0.492 e. The molecule has 0 unspecified atom stereocenters. The van der Waals surface area contributed by atoms with Gasteiger partial charge in [-0.2, -0.15) is 0 Å². The predicted octanol–water partition coefficient (Wildman–Crippen LogP) is 2.18. The van der Waals surface area contributed by atoms with E-state index in [1.165, 1.54) is 17.2 Å². The summed E-state index contributed by atoms with van der Waals surface area (Å²) in [5.41, 5.74) is 0.0495. The molecule has 0 aliphatic rings. The third-order valence-electron chi connectivity index (χ3n) is 2.86. The Morgan fingerprint density at radius 3 is 2.86 bits per heavy atom. The second-order valence-electron chi connectivity index (χ2n) is 4.47. The molecule has 0 aliphatic carbocycles. The normalized spacial score (nSPS) is 10.2. The quantitative estimate of drug-likeness (QED) is 0.921. The van der Waals surface area contributed by atoms with Crippen LogP contribution in [0.5, 0.6) is 5.75 Å². The molecular formula is C15H15ClN2O3. The van der Waals surface area contributed by atoms with E-state index in [4.69, 9.17) is 16.3 Å². The average Bonchev–Trinajstić information content (AvgIpc) is 2.46. The third-order valence-corrected chi connectivity index (χ3v) is 3.10. The van der Waals surface area contributed by atoms with Gasteiger partial charge in [0.15, 0.2) is 0 Å². The van der Waals surface area contributed by atoms with Gasteiger partial charge in [0.1, 0.15) is 12.4 Å². The lowest BCUT2D eigenvalue weighted by molar-refractivity contribution is 0.0773. The first-order chi connectivity index (χ1) is 10.1. The summed E-state index contributed by atoms with van der Waals surface area (Å²) < 4.78 is 5.52. The van der Waals surface area contributed by atoms with Crippen molar-refractivity contribution in [2.75, 3.05) is 20.2 Å². The molecule has 6 heteroatoms. The summed E-state index contributed by atoms with van der Waals surface area (Å²) in [6, 6.07) is 9.90. The van der Waals surface area contributed by atoms with E-state index in [0.29, 0.717) is 29.5 Å². The first-order valence-electron chi connectivity index (χ1n) is 6.39. The number of aromatic amines is 1. The van der Waals surface area contributed by atoms with Gasteiger partial charge in [-0.25, -0.2) is 0 Å². The van der Waals surface area contributed by atoms with Crippen LogP contribution in [0.15, 0.2) is 47.4 Å². The molecule has 21 heavy (non-hydrogen) atoms. The number of H-pyrrole nitrogens is 1. The Morgan fingerprint density at radius 1 is 1.33 bits per heavy atom. The summed E-state index contributed by atoms with van der Waals surface area (Å²) in [6.45, 7) is 0.740. The minimum Gasteiger partial charge on any atom is -0.492 e. The van der Waals surface area contributed by atoms with E-state index in [2.05, 4.69) is 4.98 Å². The van der Waals surface area contributed by atoms with E-state index in [0.717, 1.165) is 0 Å². The zero-order chi connectivity index (χ0) is 15.2. The Bertz CT molecular complexity index is 684. The number of nitrogens with zero attached hydrogens (tertiary/aromatic N) is 1. The highest BCUT2D eigenvalue weighted by atomic mass is 35.5. The van der Waals surface area contributed by atoms with Crippen LogP contribution >= 0.6 is 11.6 Å². The molecule has 1 N–H and O–H groups in total. The summed E-state index contributed by atoms with van der Waals surface area (Å²) in [6.07, 6.45) is 1.45. The molecule has 110 valence electrons. The SMILES string of the molecule is CN(CCOc1cccc(Cl)c1)C(=O)c1cc[nH]c(=O)c1.